The van der Waals surface area contributed by atoms with Crippen LogP contribution in [-0.4, -0.2) is 48.5 Å². The van der Waals surface area contributed by atoms with Crippen LogP contribution in [0.1, 0.15) is 12.5 Å². The van der Waals surface area contributed by atoms with Crippen LogP contribution in [-0.2, 0) is 16.4 Å². The molecule has 1 atom stereocenters. The van der Waals surface area contributed by atoms with Gasteiger partial charge in [0.1, 0.15) is 0 Å². The summed E-state index contributed by atoms with van der Waals surface area (Å²) in [4.78, 5) is 0.341. The molecule has 1 heterocycles. The predicted molar refractivity (Wildman–Crippen MR) is 77.9 cm³/mol. The molecule has 0 spiro atoms. The minimum atomic E-state index is -3.39. The molecule has 19 heavy (non-hydrogen) atoms. The lowest BCUT2D eigenvalue weighted by Crippen LogP contribution is -2.44. The average Bonchev–Trinajstić information content (AvgIpc) is 2.40. The second kappa shape index (κ2) is 6.26. The lowest BCUT2D eigenvalue weighted by atomic mass is 10.2. The Hall–Kier alpha value is -0.560. The number of hydrogen-bond acceptors (Lipinski definition) is 4. The van der Waals surface area contributed by atoms with E-state index in [1.54, 1.807) is 40.3 Å². The van der Waals surface area contributed by atoms with E-state index in [4.69, 9.17) is 5.11 Å². The predicted octanol–water partition coefficient (Wildman–Crippen LogP) is 1.35. The fraction of sp³-hybridized carbons (Fsp3) is 0.538. The molecule has 0 aromatic heterocycles. The molecule has 2 rings (SSSR count). The summed E-state index contributed by atoms with van der Waals surface area (Å²) in [6.07, 6.45) is 0.553. The zero-order chi connectivity index (χ0) is 13.9. The van der Waals surface area contributed by atoms with Crippen LogP contribution in [0.2, 0.25) is 0 Å². The highest BCUT2D eigenvalue weighted by Crippen LogP contribution is 2.24. The Morgan fingerprint density at radius 3 is 2.63 bits per heavy atom. The fourth-order valence-electron chi connectivity index (χ4n) is 2.16. The first-order valence-electron chi connectivity index (χ1n) is 6.35. The average molecular weight is 301 g/mol. The van der Waals surface area contributed by atoms with Gasteiger partial charge in [0.2, 0.25) is 10.0 Å². The minimum absolute atomic E-state index is 0.0425. The van der Waals surface area contributed by atoms with Gasteiger partial charge in [-0.25, -0.2) is 8.42 Å². The molecule has 1 aromatic carbocycles. The van der Waals surface area contributed by atoms with E-state index >= 15 is 0 Å². The van der Waals surface area contributed by atoms with Crippen molar-refractivity contribution in [1.29, 1.82) is 0 Å². The topological polar surface area (TPSA) is 57.6 Å². The lowest BCUT2D eigenvalue weighted by molar-refractivity contribution is 0.299. The van der Waals surface area contributed by atoms with Crippen molar-refractivity contribution in [1.82, 2.24) is 4.31 Å². The smallest absolute Gasteiger partial charge is 0.243 e. The Morgan fingerprint density at radius 1 is 1.37 bits per heavy atom. The molecule has 0 saturated carbocycles. The molecule has 1 aliphatic rings. The molecule has 0 aliphatic carbocycles. The van der Waals surface area contributed by atoms with Crippen molar-refractivity contribution in [3.8, 4) is 0 Å². The van der Waals surface area contributed by atoms with Crippen LogP contribution in [0.25, 0.3) is 0 Å². The van der Waals surface area contributed by atoms with Crippen molar-refractivity contribution in [2.24, 2.45) is 0 Å². The standard InChI is InChI=1S/C13H19NO3S2/c1-11-10-18-9-7-14(11)19(16,17)13-4-2-12(3-5-13)6-8-15/h2-5,11,15H,6-10H2,1H3. The number of aliphatic hydroxyl groups excluding tert-OH is 1. The third kappa shape index (κ3) is 3.31. The Kier molecular flexibility index (Phi) is 4.89. The molecule has 0 bridgehead atoms. The van der Waals surface area contributed by atoms with Crippen LogP contribution in [0.3, 0.4) is 0 Å². The van der Waals surface area contributed by atoms with Crippen molar-refractivity contribution in [3.63, 3.8) is 0 Å². The van der Waals surface area contributed by atoms with Crippen molar-refractivity contribution in [2.75, 3.05) is 24.7 Å². The molecule has 1 unspecified atom stereocenters. The van der Waals surface area contributed by atoms with Crippen molar-refractivity contribution >= 4 is 21.8 Å². The van der Waals surface area contributed by atoms with E-state index in [0.717, 1.165) is 17.1 Å². The highest BCUT2D eigenvalue weighted by molar-refractivity contribution is 7.99. The zero-order valence-electron chi connectivity index (χ0n) is 10.9. The van der Waals surface area contributed by atoms with Crippen molar-refractivity contribution in [3.05, 3.63) is 29.8 Å². The van der Waals surface area contributed by atoms with Crippen LogP contribution in [0.4, 0.5) is 0 Å². The summed E-state index contributed by atoms with van der Waals surface area (Å²) in [5.74, 6) is 1.70. The lowest BCUT2D eigenvalue weighted by Gasteiger charge is -2.31. The molecule has 1 aliphatic heterocycles. The monoisotopic (exact) mass is 301 g/mol. The van der Waals surface area contributed by atoms with Crippen LogP contribution >= 0.6 is 11.8 Å². The third-order valence-electron chi connectivity index (χ3n) is 3.24. The van der Waals surface area contributed by atoms with Gasteiger partial charge >= 0.3 is 0 Å². The van der Waals surface area contributed by atoms with Gasteiger partial charge in [-0.05, 0) is 31.0 Å². The number of benzene rings is 1. The van der Waals surface area contributed by atoms with Gasteiger partial charge < -0.3 is 5.11 Å². The van der Waals surface area contributed by atoms with E-state index in [9.17, 15) is 8.42 Å². The van der Waals surface area contributed by atoms with Gasteiger partial charge in [-0.2, -0.15) is 16.1 Å². The number of aliphatic hydroxyl groups is 1. The number of sulfonamides is 1. The first-order valence-corrected chi connectivity index (χ1v) is 8.94. The SMILES string of the molecule is CC1CSCCN1S(=O)(=O)c1ccc(CCO)cc1. The summed E-state index contributed by atoms with van der Waals surface area (Å²) in [6, 6.07) is 6.85. The second-order valence-electron chi connectivity index (χ2n) is 4.66. The highest BCUT2D eigenvalue weighted by atomic mass is 32.2. The summed E-state index contributed by atoms with van der Waals surface area (Å²) in [5, 5.41) is 8.86. The van der Waals surface area contributed by atoms with Crippen LogP contribution in [0.5, 0.6) is 0 Å². The molecule has 106 valence electrons. The van der Waals surface area contributed by atoms with E-state index in [1.807, 2.05) is 6.92 Å². The van der Waals surface area contributed by atoms with Crippen molar-refractivity contribution in [2.45, 2.75) is 24.3 Å². The summed E-state index contributed by atoms with van der Waals surface area (Å²) >= 11 is 1.79. The third-order valence-corrected chi connectivity index (χ3v) is 6.45. The Morgan fingerprint density at radius 2 is 2.05 bits per heavy atom. The number of nitrogens with zero attached hydrogens (tertiary/aromatic N) is 1. The molecule has 4 nitrogen and oxygen atoms in total. The zero-order valence-corrected chi connectivity index (χ0v) is 12.6. The van der Waals surface area contributed by atoms with Gasteiger partial charge in [-0.15, -0.1) is 0 Å². The van der Waals surface area contributed by atoms with E-state index < -0.39 is 10.0 Å². The van der Waals surface area contributed by atoms with Crippen LogP contribution in [0.15, 0.2) is 29.2 Å². The number of thioether (sulfide) groups is 1. The maximum atomic E-state index is 12.5. The van der Waals surface area contributed by atoms with Gasteiger partial charge in [-0.1, -0.05) is 12.1 Å². The van der Waals surface area contributed by atoms with Gasteiger partial charge in [0.05, 0.1) is 4.90 Å². The van der Waals surface area contributed by atoms with Crippen LogP contribution < -0.4 is 0 Å². The molecule has 1 aromatic rings. The maximum absolute atomic E-state index is 12.5. The molecule has 0 amide bonds. The molecule has 0 radical (unpaired) electrons. The van der Waals surface area contributed by atoms with Gasteiger partial charge in [0.15, 0.2) is 0 Å². The van der Waals surface area contributed by atoms with E-state index in [1.165, 1.54) is 0 Å². The van der Waals surface area contributed by atoms with Crippen molar-refractivity contribution < 1.29 is 13.5 Å². The number of hydrogen-bond donors (Lipinski definition) is 1. The normalized spacial score (nSPS) is 21.5. The van der Waals surface area contributed by atoms with E-state index in [2.05, 4.69) is 0 Å². The maximum Gasteiger partial charge on any atom is 0.243 e. The second-order valence-corrected chi connectivity index (χ2v) is 7.70. The first-order chi connectivity index (χ1) is 9.05. The molecular weight excluding hydrogens is 282 g/mol. The fourth-order valence-corrected chi connectivity index (χ4v) is 5.02. The Labute approximate surface area is 118 Å². The molecule has 1 saturated heterocycles. The molecular formula is C13H19NO3S2. The molecule has 6 heteroatoms. The van der Waals surface area contributed by atoms with Crippen LogP contribution in [0, 0.1) is 0 Å². The highest BCUT2D eigenvalue weighted by Gasteiger charge is 2.30. The quantitative estimate of drug-likeness (QED) is 0.912. The summed E-state index contributed by atoms with van der Waals surface area (Å²) in [5.41, 5.74) is 0.948. The first kappa shape index (κ1) is 14.8. The summed E-state index contributed by atoms with van der Waals surface area (Å²) < 4.78 is 26.7. The summed E-state index contributed by atoms with van der Waals surface area (Å²) in [7, 11) is -3.39. The number of rotatable bonds is 4. The summed E-state index contributed by atoms with van der Waals surface area (Å²) in [6.45, 7) is 2.60. The Bertz CT molecular complexity index is 513. The largest absolute Gasteiger partial charge is 0.396 e. The Balaban J connectivity index is 2.23. The minimum Gasteiger partial charge on any atom is -0.396 e. The molecule has 1 N–H and O–H groups in total. The molecule has 1 fully saturated rings. The van der Waals surface area contributed by atoms with Gasteiger partial charge in [0.25, 0.3) is 0 Å². The van der Waals surface area contributed by atoms with E-state index in [-0.39, 0.29) is 12.6 Å². The van der Waals surface area contributed by atoms with E-state index in [0.29, 0.717) is 17.9 Å². The van der Waals surface area contributed by atoms with Gasteiger partial charge in [-0.3, -0.25) is 0 Å². The van der Waals surface area contributed by atoms with Gasteiger partial charge in [0, 0.05) is 30.7 Å².